The van der Waals surface area contributed by atoms with Crippen molar-refractivity contribution in [3.8, 4) is 11.6 Å². The molecule has 0 saturated carbocycles. The van der Waals surface area contributed by atoms with Gasteiger partial charge in [0.2, 0.25) is 5.88 Å². The van der Waals surface area contributed by atoms with E-state index in [1.54, 1.807) is 0 Å². The fraction of sp³-hybridized carbons (Fsp3) is 0.333. The molecule has 2 aromatic carbocycles. The number of fused-ring (bicyclic) bond motifs is 1. The first-order chi connectivity index (χ1) is 12.1. The summed E-state index contributed by atoms with van der Waals surface area (Å²) in [6, 6.07) is 16.1. The third-order valence-electron chi connectivity index (χ3n) is 3.99. The number of para-hydroxylation sites is 2. The summed E-state index contributed by atoms with van der Waals surface area (Å²) in [4.78, 5) is 8.48. The van der Waals surface area contributed by atoms with Gasteiger partial charge in [-0.15, -0.1) is 0 Å². The Balaban J connectivity index is 1.55. The number of hydrogen-bond donors (Lipinski definition) is 0. The highest BCUT2D eigenvalue weighted by molar-refractivity contribution is 5.82. The number of ether oxygens (including phenoxy) is 2. The summed E-state index contributed by atoms with van der Waals surface area (Å²) in [5.74, 6) is 1.57. The van der Waals surface area contributed by atoms with Crippen molar-refractivity contribution < 1.29 is 9.47 Å². The van der Waals surface area contributed by atoms with Crippen LogP contribution in [0.4, 0.5) is 0 Å². The van der Waals surface area contributed by atoms with Crippen LogP contribution in [-0.4, -0.2) is 23.2 Å². The number of aromatic nitrogens is 2. The molecule has 0 atom stereocenters. The van der Waals surface area contributed by atoms with E-state index in [9.17, 15) is 0 Å². The lowest BCUT2D eigenvalue weighted by Crippen LogP contribution is -2.14. The van der Waals surface area contributed by atoms with Gasteiger partial charge in [-0.25, -0.2) is 9.97 Å². The Hall–Kier alpha value is -2.62. The topological polar surface area (TPSA) is 44.2 Å². The first kappa shape index (κ1) is 17.2. The van der Waals surface area contributed by atoms with Crippen LogP contribution >= 0.6 is 0 Å². The summed E-state index contributed by atoms with van der Waals surface area (Å²) in [7, 11) is 0. The molecule has 1 aromatic heterocycles. The molecule has 3 aromatic rings. The highest BCUT2D eigenvalue weighted by Gasteiger charge is 2.18. The molecule has 0 amide bonds. The van der Waals surface area contributed by atoms with E-state index in [1.807, 2.05) is 36.4 Å². The van der Waals surface area contributed by atoms with Crippen molar-refractivity contribution in [3.63, 3.8) is 0 Å². The van der Waals surface area contributed by atoms with Crippen LogP contribution in [0.3, 0.4) is 0 Å². The molecule has 0 spiro atoms. The Kier molecular flexibility index (Phi) is 5.17. The molecular weight excluding hydrogens is 312 g/mol. The maximum Gasteiger partial charge on any atom is 0.224 e. The number of nitrogens with zero attached hydrogens (tertiary/aromatic N) is 2. The van der Waals surface area contributed by atoms with Gasteiger partial charge >= 0.3 is 0 Å². The fourth-order valence-corrected chi connectivity index (χ4v) is 2.72. The summed E-state index contributed by atoms with van der Waals surface area (Å²) >= 11 is 0. The first-order valence-electron chi connectivity index (χ1n) is 8.60. The highest BCUT2D eigenvalue weighted by atomic mass is 16.5. The quantitative estimate of drug-likeness (QED) is 0.608. The van der Waals surface area contributed by atoms with Crippen LogP contribution in [0.15, 0.2) is 54.9 Å². The molecule has 0 aliphatic heterocycles. The van der Waals surface area contributed by atoms with E-state index >= 15 is 0 Å². The van der Waals surface area contributed by atoms with Crippen LogP contribution in [0.2, 0.25) is 0 Å². The van der Waals surface area contributed by atoms with Gasteiger partial charge in [0.1, 0.15) is 12.1 Å². The molecule has 0 unspecified atom stereocenters. The molecule has 3 rings (SSSR count). The fourth-order valence-electron chi connectivity index (χ4n) is 2.72. The van der Waals surface area contributed by atoms with Gasteiger partial charge < -0.3 is 9.47 Å². The summed E-state index contributed by atoms with van der Waals surface area (Å²) < 4.78 is 11.8. The van der Waals surface area contributed by atoms with E-state index in [-0.39, 0.29) is 5.41 Å². The Labute approximate surface area is 148 Å². The van der Waals surface area contributed by atoms with E-state index in [4.69, 9.17) is 9.47 Å². The van der Waals surface area contributed by atoms with Gasteiger partial charge in [-0.2, -0.15) is 0 Å². The number of benzene rings is 2. The Morgan fingerprint density at radius 1 is 0.840 bits per heavy atom. The zero-order chi connectivity index (χ0) is 17.7. The predicted octanol–water partition coefficient (Wildman–Crippen LogP) is 4.78. The zero-order valence-electron chi connectivity index (χ0n) is 15.0. The van der Waals surface area contributed by atoms with Gasteiger partial charge in [0.05, 0.1) is 24.1 Å². The van der Waals surface area contributed by atoms with Gasteiger partial charge in [-0.05, 0) is 29.2 Å². The zero-order valence-corrected chi connectivity index (χ0v) is 15.0. The summed E-state index contributed by atoms with van der Waals surface area (Å²) in [5, 5.41) is 0.934. The van der Waals surface area contributed by atoms with Gasteiger partial charge in [0, 0.05) is 6.42 Å². The molecule has 0 aliphatic carbocycles. The molecule has 4 heteroatoms. The highest BCUT2D eigenvalue weighted by Crippen LogP contribution is 2.31. The second-order valence-corrected chi connectivity index (χ2v) is 6.99. The van der Waals surface area contributed by atoms with E-state index in [1.165, 1.54) is 11.9 Å². The van der Waals surface area contributed by atoms with Crippen LogP contribution in [0.25, 0.3) is 10.9 Å². The first-order valence-corrected chi connectivity index (χ1v) is 8.60. The summed E-state index contributed by atoms with van der Waals surface area (Å²) in [6.45, 7) is 7.74. The molecule has 0 saturated heterocycles. The molecule has 0 bridgehead atoms. The van der Waals surface area contributed by atoms with Crippen molar-refractivity contribution in [3.05, 3.63) is 60.4 Å². The van der Waals surface area contributed by atoms with E-state index in [2.05, 4.69) is 42.9 Å². The lowest BCUT2D eigenvalue weighted by molar-refractivity contribution is 0.241. The van der Waals surface area contributed by atoms with Crippen LogP contribution in [0.1, 0.15) is 32.8 Å². The smallest absolute Gasteiger partial charge is 0.224 e. The average molecular weight is 336 g/mol. The molecule has 0 fully saturated rings. The lowest BCUT2D eigenvalue weighted by Gasteiger charge is -2.22. The van der Waals surface area contributed by atoms with Gasteiger partial charge in [0.15, 0.2) is 0 Å². The normalized spacial score (nSPS) is 11.5. The minimum absolute atomic E-state index is 0.0625. The Bertz CT molecular complexity index is 835. The molecule has 0 N–H and O–H groups in total. The summed E-state index contributed by atoms with van der Waals surface area (Å²) in [5.41, 5.74) is 2.17. The van der Waals surface area contributed by atoms with Crippen molar-refractivity contribution in [2.24, 2.45) is 0 Å². The number of rotatable bonds is 6. The second-order valence-electron chi connectivity index (χ2n) is 6.99. The van der Waals surface area contributed by atoms with Crippen LogP contribution in [0, 0.1) is 0 Å². The molecule has 0 aliphatic rings. The molecular formula is C21H24N2O2. The largest absolute Gasteiger partial charge is 0.493 e. The van der Waals surface area contributed by atoms with Crippen LogP contribution in [-0.2, 0) is 5.41 Å². The Morgan fingerprint density at radius 2 is 1.56 bits per heavy atom. The van der Waals surface area contributed by atoms with Gasteiger partial charge in [0.25, 0.3) is 0 Å². The van der Waals surface area contributed by atoms with Crippen molar-refractivity contribution in [1.29, 1.82) is 0 Å². The maximum absolute atomic E-state index is 5.98. The SMILES string of the molecule is CC(C)(C)c1ccccc1OCCCOc1ncnc2ccccc12. The minimum Gasteiger partial charge on any atom is -0.493 e. The third kappa shape index (κ3) is 4.27. The van der Waals surface area contributed by atoms with Crippen molar-refractivity contribution in [2.75, 3.05) is 13.2 Å². The van der Waals surface area contributed by atoms with Crippen LogP contribution in [0.5, 0.6) is 11.6 Å². The van der Waals surface area contributed by atoms with Gasteiger partial charge in [-0.3, -0.25) is 0 Å². The minimum atomic E-state index is 0.0625. The molecule has 130 valence electrons. The maximum atomic E-state index is 5.98. The van der Waals surface area contributed by atoms with Crippen molar-refractivity contribution >= 4 is 10.9 Å². The number of hydrogen-bond acceptors (Lipinski definition) is 4. The lowest BCUT2D eigenvalue weighted by atomic mass is 9.86. The molecule has 25 heavy (non-hydrogen) atoms. The summed E-state index contributed by atoms with van der Waals surface area (Å²) in [6.07, 6.45) is 2.32. The Morgan fingerprint density at radius 3 is 2.40 bits per heavy atom. The molecule has 1 heterocycles. The second kappa shape index (κ2) is 7.51. The third-order valence-corrected chi connectivity index (χ3v) is 3.99. The molecule has 4 nitrogen and oxygen atoms in total. The van der Waals surface area contributed by atoms with Gasteiger partial charge in [-0.1, -0.05) is 51.1 Å². The van der Waals surface area contributed by atoms with Crippen molar-refractivity contribution in [1.82, 2.24) is 9.97 Å². The van der Waals surface area contributed by atoms with E-state index in [0.717, 1.165) is 23.1 Å². The van der Waals surface area contributed by atoms with E-state index in [0.29, 0.717) is 19.1 Å². The van der Waals surface area contributed by atoms with Crippen molar-refractivity contribution in [2.45, 2.75) is 32.6 Å². The standard InChI is InChI=1S/C21H24N2O2/c1-21(2,3)17-10-5-7-12-19(17)24-13-8-14-25-20-16-9-4-6-11-18(16)22-15-23-20/h4-7,9-12,15H,8,13-14H2,1-3H3. The average Bonchev–Trinajstić information content (AvgIpc) is 2.61. The van der Waals surface area contributed by atoms with E-state index < -0.39 is 0 Å². The monoisotopic (exact) mass is 336 g/mol. The predicted molar refractivity (Wildman–Crippen MR) is 100 cm³/mol. The molecule has 0 radical (unpaired) electrons. The van der Waals surface area contributed by atoms with Crippen LogP contribution < -0.4 is 9.47 Å².